The molecule has 2 atom stereocenters. The van der Waals surface area contributed by atoms with Crippen LogP contribution in [0.2, 0.25) is 0 Å². The average Bonchev–Trinajstić information content (AvgIpc) is 2.47. The van der Waals surface area contributed by atoms with Crippen LogP contribution >= 0.6 is 11.8 Å². The summed E-state index contributed by atoms with van der Waals surface area (Å²) in [6.07, 6.45) is 1.34. The van der Waals surface area contributed by atoms with E-state index in [1.807, 2.05) is 44.4 Å². The Morgan fingerprint density at radius 3 is 2.33 bits per heavy atom. The highest BCUT2D eigenvalue weighted by atomic mass is 32.2. The average molecular weight is 306 g/mol. The SMILES string of the molecule is CSc1ccc(OC(C)C(=O)NC(C)(C#N)C(C)C)cc1. The molecule has 0 aromatic heterocycles. The Hall–Kier alpha value is -1.67. The minimum Gasteiger partial charge on any atom is -0.481 e. The van der Waals surface area contributed by atoms with E-state index in [4.69, 9.17) is 4.74 Å². The van der Waals surface area contributed by atoms with Crippen LogP contribution in [-0.2, 0) is 4.79 Å². The minimum absolute atomic E-state index is 0.0134. The Balaban J connectivity index is 2.68. The summed E-state index contributed by atoms with van der Waals surface area (Å²) in [4.78, 5) is 13.3. The second-order valence-electron chi connectivity index (χ2n) is 5.39. The number of nitrogens with zero attached hydrogens (tertiary/aromatic N) is 1. The molecule has 1 amide bonds. The Kier molecular flexibility index (Phi) is 6.10. The van der Waals surface area contributed by atoms with Crippen molar-refractivity contribution in [3.05, 3.63) is 24.3 Å². The summed E-state index contributed by atoms with van der Waals surface area (Å²) in [6, 6.07) is 9.71. The number of nitrogens with one attached hydrogen (secondary N) is 1. The summed E-state index contributed by atoms with van der Waals surface area (Å²) in [7, 11) is 0. The zero-order valence-electron chi connectivity index (χ0n) is 13.1. The quantitative estimate of drug-likeness (QED) is 0.820. The summed E-state index contributed by atoms with van der Waals surface area (Å²) in [5.74, 6) is 0.361. The lowest BCUT2D eigenvalue weighted by molar-refractivity contribution is -0.128. The molecule has 2 unspecified atom stereocenters. The normalized spacial score (nSPS) is 14.9. The van der Waals surface area contributed by atoms with Crippen molar-refractivity contribution >= 4 is 17.7 Å². The first-order valence-electron chi connectivity index (χ1n) is 6.86. The van der Waals surface area contributed by atoms with Gasteiger partial charge in [0.05, 0.1) is 6.07 Å². The molecule has 4 nitrogen and oxygen atoms in total. The number of thioether (sulfide) groups is 1. The number of benzene rings is 1. The number of ether oxygens (including phenoxy) is 1. The summed E-state index contributed by atoms with van der Waals surface area (Å²) in [5.41, 5.74) is -0.891. The summed E-state index contributed by atoms with van der Waals surface area (Å²) < 4.78 is 5.62. The maximum absolute atomic E-state index is 12.2. The van der Waals surface area contributed by atoms with Gasteiger partial charge in [-0.05, 0) is 50.3 Å². The van der Waals surface area contributed by atoms with Crippen LogP contribution in [0.3, 0.4) is 0 Å². The lowest BCUT2D eigenvalue weighted by Crippen LogP contribution is -2.52. The van der Waals surface area contributed by atoms with Gasteiger partial charge in [0.15, 0.2) is 6.10 Å². The van der Waals surface area contributed by atoms with Gasteiger partial charge < -0.3 is 10.1 Å². The largest absolute Gasteiger partial charge is 0.481 e. The molecule has 0 spiro atoms. The summed E-state index contributed by atoms with van der Waals surface area (Å²) >= 11 is 1.65. The fourth-order valence-electron chi connectivity index (χ4n) is 1.57. The molecule has 5 heteroatoms. The number of amides is 1. The number of carbonyl (C=O) groups excluding carboxylic acids is 1. The molecule has 0 fully saturated rings. The minimum atomic E-state index is -0.891. The predicted molar refractivity (Wildman–Crippen MR) is 85.3 cm³/mol. The topological polar surface area (TPSA) is 62.1 Å². The zero-order chi connectivity index (χ0) is 16.0. The molecule has 0 saturated carbocycles. The molecule has 114 valence electrons. The first-order chi connectivity index (χ1) is 9.82. The smallest absolute Gasteiger partial charge is 0.262 e. The third-order valence-electron chi connectivity index (χ3n) is 3.51. The van der Waals surface area contributed by atoms with Crippen molar-refractivity contribution in [1.29, 1.82) is 5.26 Å². The molecule has 1 rings (SSSR count). The predicted octanol–water partition coefficient (Wildman–Crippen LogP) is 3.23. The number of hydrogen-bond acceptors (Lipinski definition) is 4. The Bertz CT molecular complexity index is 522. The third kappa shape index (κ3) is 4.68. The van der Waals surface area contributed by atoms with E-state index in [0.717, 1.165) is 4.90 Å². The monoisotopic (exact) mass is 306 g/mol. The van der Waals surface area contributed by atoms with Crippen molar-refractivity contribution in [2.45, 2.75) is 44.2 Å². The molecule has 0 aliphatic rings. The first kappa shape index (κ1) is 17.4. The molecule has 0 radical (unpaired) electrons. The molecule has 21 heavy (non-hydrogen) atoms. The second kappa shape index (κ2) is 7.37. The Labute approximate surface area is 130 Å². The van der Waals surface area contributed by atoms with Crippen LogP contribution in [0.25, 0.3) is 0 Å². The van der Waals surface area contributed by atoms with E-state index in [0.29, 0.717) is 5.75 Å². The molecule has 0 heterocycles. The van der Waals surface area contributed by atoms with Crippen LogP contribution in [-0.4, -0.2) is 23.8 Å². The molecular weight excluding hydrogens is 284 g/mol. The number of hydrogen-bond donors (Lipinski definition) is 1. The van der Waals surface area contributed by atoms with Crippen LogP contribution in [0.4, 0.5) is 0 Å². The van der Waals surface area contributed by atoms with Crippen molar-refractivity contribution < 1.29 is 9.53 Å². The van der Waals surface area contributed by atoms with E-state index in [1.54, 1.807) is 25.6 Å². The van der Waals surface area contributed by atoms with Crippen molar-refractivity contribution in [2.75, 3.05) is 6.26 Å². The zero-order valence-corrected chi connectivity index (χ0v) is 14.0. The fraction of sp³-hybridized carbons (Fsp3) is 0.500. The van der Waals surface area contributed by atoms with Gasteiger partial charge in [0, 0.05) is 4.90 Å². The molecule has 0 aliphatic heterocycles. The molecule has 1 N–H and O–H groups in total. The highest BCUT2D eigenvalue weighted by Crippen LogP contribution is 2.20. The number of nitriles is 1. The second-order valence-corrected chi connectivity index (χ2v) is 6.27. The van der Waals surface area contributed by atoms with Crippen LogP contribution in [0.15, 0.2) is 29.2 Å². The molecule has 0 aliphatic carbocycles. The lowest BCUT2D eigenvalue weighted by Gasteiger charge is -2.28. The highest BCUT2D eigenvalue weighted by Gasteiger charge is 2.32. The van der Waals surface area contributed by atoms with Gasteiger partial charge >= 0.3 is 0 Å². The van der Waals surface area contributed by atoms with Crippen molar-refractivity contribution in [1.82, 2.24) is 5.32 Å². The van der Waals surface area contributed by atoms with E-state index in [2.05, 4.69) is 11.4 Å². The fourth-order valence-corrected chi connectivity index (χ4v) is 1.98. The van der Waals surface area contributed by atoms with Crippen LogP contribution in [0, 0.1) is 17.2 Å². The Morgan fingerprint density at radius 1 is 1.33 bits per heavy atom. The molecule has 1 aromatic rings. The number of rotatable bonds is 6. The maximum Gasteiger partial charge on any atom is 0.262 e. The van der Waals surface area contributed by atoms with E-state index >= 15 is 0 Å². The van der Waals surface area contributed by atoms with E-state index in [1.165, 1.54) is 0 Å². The highest BCUT2D eigenvalue weighted by molar-refractivity contribution is 7.98. The van der Waals surface area contributed by atoms with E-state index in [9.17, 15) is 10.1 Å². The van der Waals surface area contributed by atoms with Crippen molar-refractivity contribution in [3.8, 4) is 11.8 Å². The standard InChI is InChI=1S/C16H22N2O2S/c1-11(2)16(4,10-17)18-15(19)12(3)20-13-6-8-14(21-5)9-7-13/h6-9,11-12H,1-5H3,(H,18,19). The van der Waals surface area contributed by atoms with E-state index < -0.39 is 11.6 Å². The summed E-state index contributed by atoms with van der Waals surface area (Å²) in [5, 5.41) is 12.0. The van der Waals surface area contributed by atoms with Crippen LogP contribution in [0.1, 0.15) is 27.7 Å². The summed E-state index contributed by atoms with van der Waals surface area (Å²) in [6.45, 7) is 7.19. The third-order valence-corrected chi connectivity index (χ3v) is 4.25. The van der Waals surface area contributed by atoms with Crippen LogP contribution in [0.5, 0.6) is 5.75 Å². The van der Waals surface area contributed by atoms with Gasteiger partial charge in [-0.25, -0.2) is 0 Å². The molecule has 0 bridgehead atoms. The van der Waals surface area contributed by atoms with Gasteiger partial charge in [-0.1, -0.05) is 13.8 Å². The van der Waals surface area contributed by atoms with Gasteiger partial charge in [0.1, 0.15) is 11.3 Å². The maximum atomic E-state index is 12.2. The van der Waals surface area contributed by atoms with Gasteiger partial charge in [0.2, 0.25) is 0 Å². The van der Waals surface area contributed by atoms with Gasteiger partial charge in [-0.3, -0.25) is 4.79 Å². The van der Waals surface area contributed by atoms with E-state index in [-0.39, 0.29) is 11.8 Å². The molecular formula is C16H22N2O2S. The van der Waals surface area contributed by atoms with Gasteiger partial charge in [-0.2, -0.15) is 5.26 Å². The number of carbonyl (C=O) groups is 1. The molecule has 0 saturated heterocycles. The van der Waals surface area contributed by atoms with Crippen LogP contribution < -0.4 is 10.1 Å². The lowest BCUT2D eigenvalue weighted by atomic mass is 9.90. The van der Waals surface area contributed by atoms with Crippen molar-refractivity contribution in [2.24, 2.45) is 5.92 Å². The van der Waals surface area contributed by atoms with Gasteiger partial charge in [-0.15, -0.1) is 11.8 Å². The first-order valence-corrected chi connectivity index (χ1v) is 8.09. The van der Waals surface area contributed by atoms with Crippen molar-refractivity contribution in [3.63, 3.8) is 0 Å². The Morgan fingerprint density at radius 2 is 1.90 bits per heavy atom. The van der Waals surface area contributed by atoms with Gasteiger partial charge in [0.25, 0.3) is 5.91 Å². The molecule has 1 aromatic carbocycles.